The van der Waals surface area contributed by atoms with Gasteiger partial charge in [-0.05, 0) is 43.8 Å². The van der Waals surface area contributed by atoms with Crippen LogP contribution < -0.4 is 5.32 Å². The largest absolute Gasteiger partial charge is 0.463 e. The topological polar surface area (TPSA) is 71.9 Å². The van der Waals surface area contributed by atoms with Crippen LogP contribution in [0.3, 0.4) is 0 Å². The molecule has 2 N–H and O–H groups in total. The van der Waals surface area contributed by atoms with Gasteiger partial charge in [-0.2, -0.15) is 4.98 Å². The third-order valence-electron chi connectivity index (χ3n) is 3.57. The van der Waals surface area contributed by atoms with E-state index in [1.165, 1.54) is 0 Å². The van der Waals surface area contributed by atoms with Crippen molar-refractivity contribution in [1.29, 1.82) is 0 Å². The van der Waals surface area contributed by atoms with Crippen LogP contribution in [-0.4, -0.2) is 27.3 Å². The lowest BCUT2D eigenvalue weighted by Crippen LogP contribution is -2.29. The van der Waals surface area contributed by atoms with Gasteiger partial charge in [0.15, 0.2) is 0 Å². The summed E-state index contributed by atoms with van der Waals surface area (Å²) in [4.78, 5) is 16.7. The van der Waals surface area contributed by atoms with E-state index < -0.39 is 6.04 Å². The second-order valence-corrected chi connectivity index (χ2v) is 5.88. The highest BCUT2D eigenvalue weighted by Gasteiger charge is 2.33. The number of allylic oxidation sites excluding steroid dienone is 1. The number of H-pyrrole nitrogens is 1. The van der Waals surface area contributed by atoms with Crippen molar-refractivity contribution >= 4 is 35.7 Å². The van der Waals surface area contributed by atoms with E-state index in [-0.39, 0.29) is 5.97 Å². The predicted molar refractivity (Wildman–Crippen MR) is 90.0 cm³/mol. The van der Waals surface area contributed by atoms with Crippen molar-refractivity contribution in [1.82, 2.24) is 14.8 Å². The average Bonchev–Trinajstić information content (AvgIpc) is 2.86. The van der Waals surface area contributed by atoms with Crippen LogP contribution in [0, 0.1) is 4.77 Å². The highest BCUT2D eigenvalue weighted by molar-refractivity contribution is 7.71. The molecule has 1 aliphatic heterocycles. The molecular formula is C15H15ClN4O2S. The number of halogens is 1. The van der Waals surface area contributed by atoms with Crippen molar-refractivity contribution in [3.63, 3.8) is 0 Å². The van der Waals surface area contributed by atoms with E-state index in [2.05, 4.69) is 15.4 Å². The van der Waals surface area contributed by atoms with Gasteiger partial charge in [-0.1, -0.05) is 23.7 Å². The molecule has 0 fully saturated rings. The number of aromatic nitrogens is 3. The molecule has 1 aromatic carbocycles. The average molecular weight is 351 g/mol. The number of hydrogen-bond donors (Lipinski definition) is 2. The molecule has 6 nitrogen and oxygen atoms in total. The van der Waals surface area contributed by atoms with Gasteiger partial charge < -0.3 is 10.1 Å². The molecule has 23 heavy (non-hydrogen) atoms. The zero-order valence-corrected chi connectivity index (χ0v) is 14.2. The summed E-state index contributed by atoms with van der Waals surface area (Å²) >= 11 is 11.1. The second kappa shape index (κ2) is 6.17. The van der Waals surface area contributed by atoms with Crippen LogP contribution in [-0.2, 0) is 9.53 Å². The maximum Gasteiger partial charge on any atom is 0.338 e. The van der Waals surface area contributed by atoms with Crippen LogP contribution in [0.4, 0.5) is 5.95 Å². The number of hydrogen-bond acceptors (Lipinski definition) is 5. The maximum atomic E-state index is 12.5. The molecule has 2 aromatic rings. The van der Waals surface area contributed by atoms with Crippen LogP contribution in [0.1, 0.15) is 25.5 Å². The predicted octanol–water partition coefficient (Wildman–Crippen LogP) is 3.45. The first-order valence-electron chi connectivity index (χ1n) is 7.10. The normalized spacial score (nSPS) is 16.7. The highest BCUT2D eigenvalue weighted by atomic mass is 35.5. The molecule has 2 heterocycles. The fraction of sp³-hybridized carbons (Fsp3) is 0.267. The van der Waals surface area contributed by atoms with E-state index in [1.54, 1.807) is 23.7 Å². The lowest BCUT2D eigenvalue weighted by atomic mass is 9.96. The van der Waals surface area contributed by atoms with Crippen molar-refractivity contribution in [3.8, 4) is 0 Å². The summed E-state index contributed by atoms with van der Waals surface area (Å²) in [7, 11) is 0. The van der Waals surface area contributed by atoms with Gasteiger partial charge in [-0.25, -0.2) is 9.48 Å². The summed E-state index contributed by atoms with van der Waals surface area (Å²) in [5.41, 5.74) is 2.07. The number of nitrogens with one attached hydrogen (secondary N) is 2. The maximum absolute atomic E-state index is 12.5. The zero-order valence-electron chi connectivity index (χ0n) is 12.6. The number of ether oxygens (including phenoxy) is 1. The first-order valence-corrected chi connectivity index (χ1v) is 7.88. The third kappa shape index (κ3) is 2.89. The number of benzene rings is 1. The van der Waals surface area contributed by atoms with Crippen molar-refractivity contribution in [2.45, 2.75) is 19.9 Å². The highest BCUT2D eigenvalue weighted by Crippen LogP contribution is 2.35. The van der Waals surface area contributed by atoms with Crippen LogP contribution in [0.5, 0.6) is 0 Å². The number of aromatic amines is 1. The summed E-state index contributed by atoms with van der Waals surface area (Å²) in [5, 5.41) is 6.70. The van der Waals surface area contributed by atoms with Gasteiger partial charge in [0.25, 0.3) is 0 Å². The Hall–Kier alpha value is -2.12. The number of anilines is 1. The molecule has 0 spiro atoms. The molecule has 0 saturated heterocycles. The summed E-state index contributed by atoms with van der Waals surface area (Å²) < 4.78 is 7.28. The second-order valence-electron chi connectivity index (χ2n) is 5.06. The van der Waals surface area contributed by atoms with Gasteiger partial charge in [0.05, 0.1) is 12.2 Å². The number of carbonyl (C=O) groups is 1. The van der Waals surface area contributed by atoms with E-state index >= 15 is 0 Å². The number of rotatable bonds is 3. The van der Waals surface area contributed by atoms with E-state index in [1.807, 2.05) is 19.1 Å². The molecule has 1 aromatic heterocycles. The Labute approximate surface area is 143 Å². The van der Waals surface area contributed by atoms with E-state index in [0.717, 1.165) is 5.56 Å². The first kappa shape index (κ1) is 15.8. The molecule has 0 amide bonds. The Kier molecular flexibility index (Phi) is 4.23. The molecule has 1 aliphatic rings. The SMILES string of the molecule is CCOC(=O)C1=C(C)Nc2nc(=S)[nH]n2[C@H]1c1ccc(Cl)cc1. The molecule has 1 atom stereocenters. The van der Waals surface area contributed by atoms with Crippen LogP contribution >= 0.6 is 23.8 Å². The fourth-order valence-corrected chi connectivity index (χ4v) is 2.92. The number of fused-ring (bicyclic) bond motifs is 1. The summed E-state index contributed by atoms with van der Waals surface area (Å²) in [6.07, 6.45) is 0. The van der Waals surface area contributed by atoms with Gasteiger partial charge in [0.2, 0.25) is 10.7 Å². The first-order chi connectivity index (χ1) is 11.0. The fourth-order valence-electron chi connectivity index (χ4n) is 2.61. The minimum atomic E-state index is -0.410. The molecule has 0 unspecified atom stereocenters. The molecule has 0 radical (unpaired) electrons. The van der Waals surface area contributed by atoms with Crippen molar-refractivity contribution in [3.05, 3.63) is 50.9 Å². The number of carbonyl (C=O) groups excluding carboxylic acids is 1. The molecular weight excluding hydrogens is 336 g/mol. The summed E-state index contributed by atoms with van der Waals surface area (Å²) in [5.74, 6) is 0.177. The minimum absolute atomic E-state index is 0.301. The van der Waals surface area contributed by atoms with Crippen LogP contribution in [0.25, 0.3) is 0 Å². The molecule has 120 valence electrons. The Bertz CT molecular complexity index is 838. The zero-order chi connectivity index (χ0) is 16.6. The molecule has 8 heteroatoms. The number of esters is 1. The van der Waals surface area contributed by atoms with E-state index in [9.17, 15) is 4.79 Å². The quantitative estimate of drug-likeness (QED) is 0.655. The van der Waals surface area contributed by atoms with Crippen LogP contribution in [0.15, 0.2) is 35.5 Å². The van der Waals surface area contributed by atoms with Gasteiger partial charge >= 0.3 is 5.97 Å². The van der Waals surface area contributed by atoms with Gasteiger partial charge in [0.1, 0.15) is 6.04 Å². The van der Waals surface area contributed by atoms with Gasteiger partial charge in [-0.3, -0.25) is 5.10 Å². The van der Waals surface area contributed by atoms with Gasteiger partial charge in [0, 0.05) is 10.7 Å². The molecule has 3 rings (SSSR count). The summed E-state index contributed by atoms with van der Waals surface area (Å²) in [6, 6.07) is 6.88. The number of nitrogens with zero attached hydrogens (tertiary/aromatic N) is 2. The molecule has 0 aliphatic carbocycles. The Balaban J connectivity index is 2.17. The van der Waals surface area contributed by atoms with E-state index in [4.69, 9.17) is 28.6 Å². The van der Waals surface area contributed by atoms with Crippen LogP contribution in [0.2, 0.25) is 5.02 Å². The summed E-state index contributed by atoms with van der Waals surface area (Å²) in [6.45, 7) is 3.89. The lowest BCUT2D eigenvalue weighted by molar-refractivity contribution is -0.139. The van der Waals surface area contributed by atoms with Crippen molar-refractivity contribution < 1.29 is 9.53 Å². The van der Waals surface area contributed by atoms with E-state index in [0.29, 0.717) is 33.6 Å². The monoisotopic (exact) mass is 350 g/mol. The molecule has 0 bridgehead atoms. The Morgan fingerprint density at radius 2 is 2.13 bits per heavy atom. The molecule has 0 saturated carbocycles. The smallest absolute Gasteiger partial charge is 0.338 e. The Morgan fingerprint density at radius 3 is 2.78 bits per heavy atom. The third-order valence-corrected chi connectivity index (χ3v) is 4.00. The van der Waals surface area contributed by atoms with Crippen molar-refractivity contribution in [2.75, 3.05) is 11.9 Å². The van der Waals surface area contributed by atoms with Gasteiger partial charge in [-0.15, -0.1) is 0 Å². The lowest BCUT2D eigenvalue weighted by Gasteiger charge is -2.28. The minimum Gasteiger partial charge on any atom is -0.463 e. The standard InChI is InChI=1S/C15H15ClN4O2S/c1-3-22-13(21)11-8(2)17-14-18-15(23)19-20(14)12(11)9-4-6-10(16)7-5-9/h4-7,12H,3H2,1-2H3,(H2,17,18,19,23)/t12-/m0/s1. The Morgan fingerprint density at radius 1 is 1.43 bits per heavy atom. The van der Waals surface area contributed by atoms with Crippen molar-refractivity contribution in [2.24, 2.45) is 0 Å².